The van der Waals surface area contributed by atoms with Crippen molar-refractivity contribution in [1.29, 1.82) is 0 Å². The second-order valence-corrected chi connectivity index (χ2v) is 6.52. The zero-order chi connectivity index (χ0) is 14.9. The Labute approximate surface area is 129 Å². The first-order valence-electron chi connectivity index (χ1n) is 8.35. The Bertz CT molecular complexity index is 380. The smallest absolute Gasteiger partial charge is 0.119 e. The fraction of sp³-hybridized carbons (Fsp3) is 0.667. The van der Waals surface area contributed by atoms with Gasteiger partial charge in [-0.3, -0.25) is 0 Å². The Morgan fingerprint density at radius 1 is 1.29 bits per heavy atom. The monoisotopic (exact) mass is 290 g/mol. The summed E-state index contributed by atoms with van der Waals surface area (Å²) in [5, 5.41) is 3.58. The molecule has 1 saturated heterocycles. The summed E-state index contributed by atoms with van der Waals surface area (Å²) in [4.78, 5) is 2.58. The van der Waals surface area contributed by atoms with Crippen molar-refractivity contribution in [3.05, 3.63) is 30.3 Å². The third-order valence-electron chi connectivity index (χ3n) is 3.99. The van der Waals surface area contributed by atoms with Gasteiger partial charge in [0.15, 0.2) is 0 Å². The molecule has 1 aliphatic rings. The number of hydrogen-bond donors (Lipinski definition) is 1. The molecule has 1 fully saturated rings. The maximum Gasteiger partial charge on any atom is 0.119 e. The first-order valence-corrected chi connectivity index (χ1v) is 8.35. The molecular formula is C18H30N2O. The lowest BCUT2D eigenvalue weighted by atomic mass is 10.1. The van der Waals surface area contributed by atoms with Crippen LogP contribution in [0.3, 0.4) is 0 Å². The highest BCUT2D eigenvalue weighted by Crippen LogP contribution is 2.16. The predicted molar refractivity (Wildman–Crippen MR) is 88.8 cm³/mol. The van der Waals surface area contributed by atoms with E-state index in [-0.39, 0.29) is 0 Å². The molecule has 0 amide bonds. The fourth-order valence-corrected chi connectivity index (χ4v) is 2.85. The third-order valence-corrected chi connectivity index (χ3v) is 3.99. The van der Waals surface area contributed by atoms with Crippen molar-refractivity contribution in [3.8, 4) is 5.75 Å². The Hall–Kier alpha value is -1.06. The van der Waals surface area contributed by atoms with E-state index in [1.165, 1.54) is 26.1 Å². The molecule has 0 aromatic heterocycles. The Morgan fingerprint density at radius 3 is 2.86 bits per heavy atom. The Kier molecular flexibility index (Phi) is 7.04. The summed E-state index contributed by atoms with van der Waals surface area (Å²) < 4.78 is 5.74. The van der Waals surface area contributed by atoms with Gasteiger partial charge < -0.3 is 15.0 Å². The van der Waals surface area contributed by atoms with Crippen LogP contribution in [-0.4, -0.2) is 44.2 Å². The molecule has 3 nitrogen and oxygen atoms in total. The summed E-state index contributed by atoms with van der Waals surface area (Å²) in [6.45, 7) is 11.3. The molecule has 1 heterocycles. The average molecular weight is 290 g/mol. The Morgan fingerprint density at radius 2 is 2.10 bits per heavy atom. The molecule has 21 heavy (non-hydrogen) atoms. The molecule has 0 spiro atoms. The van der Waals surface area contributed by atoms with E-state index in [1.54, 1.807) is 0 Å². The zero-order valence-corrected chi connectivity index (χ0v) is 13.6. The zero-order valence-electron chi connectivity index (χ0n) is 13.6. The van der Waals surface area contributed by atoms with Gasteiger partial charge in [0.1, 0.15) is 5.75 Å². The second kappa shape index (κ2) is 9.06. The van der Waals surface area contributed by atoms with Gasteiger partial charge in [-0.15, -0.1) is 0 Å². The van der Waals surface area contributed by atoms with E-state index >= 15 is 0 Å². The van der Waals surface area contributed by atoms with Crippen LogP contribution in [0.15, 0.2) is 30.3 Å². The van der Waals surface area contributed by atoms with E-state index in [0.29, 0.717) is 0 Å². The van der Waals surface area contributed by atoms with E-state index in [1.807, 2.05) is 30.3 Å². The van der Waals surface area contributed by atoms with E-state index in [0.717, 1.165) is 43.7 Å². The lowest BCUT2D eigenvalue weighted by molar-refractivity contribution is 0.258. The summed E-state index contributed by atoms with van der Waals surface area (Å²) in [7, 11) is 0. The van der Waals surface area contributed by atoms with E-state index in [4.69, 9.17) is 4.74 Å². The van der Waals surface area contributed by atoms with Gasteiger partial charge in [0.2, 0.25) is 0 Å². The minimum Gasteiger partial charge on any atom is -0.494 e. The van der Waals surface area contributed by atoms with Crippen LogP contribution in [-0.2, 0) is 0 Å². The highest BCUT2D eigenvalue weighted by molar-refractivity contribution is 5.20. The molecule has 1 N–H and O–H groups in total. The number of likely N-dealkylation sites (tertiary alicyclic amines) is 1. The van der Waals surface area contributed by atoms with Gasteiger partial charge in [0, 0.05) is 13.1 Å². The Balaban J connectivity index is 1.52. The van der Waals surface area contributed by atoms with Crippen molar-refractivity contribution in [2.75, 3.05) is 39.3 Å². The largest absolute Gasteiger partial charge is 0.494 e. The van der Waals surface area contributed by atoms with Crippen LogP contribution in [0.1, 0.15) is 26.7 Å². The minimum atomic E-state index is 0.748. The standard InChI is InChI=1S/C18H30N2O/c1-16(2)13-19-14-17-9-11-20(15-17)10-6-12-21-18-7-4-3-5-8-18/h3-5,7-8,16-17,19H,6,9-15H2,1-2H3. The predicted octanol–water partition coefficient (Wildman–Crippen LogP) is 3.02. The summed E-state index contributed by atoms with van der Waals surface area (Å²) in [6, 6.07) is 10.1. The number of benzene rings is 1. The summed E-state index contributed by atoms with van der Waals surface area (Å²) in [5.74, 6) is 2.56. The normalized spacial score (nSPS) is 19.3. The lowest BCUT2D eigenvalue weighted by Crippen LogP contribution is -2.29. The molecule has 1 atom stereocenters. The number of ether oxygens (including phenoxy) is 1. The van der Waals surface area contributed by atoms with E-state index < -0.39 is 0 Å². The van der Waals surface area contributed by atoms with Gasteiger partial charge in [-0.1, -0.05) is 32.0 Å². The maximum absolute atomic E-state index is 5.74. The molecule has 1 aromatic rings. The van der Waals surface area contributed by atoms with Crippen LogP contribution in [0, 0.1) is 11.8 Å². The van der Waals surface area contributed by atoms with Gasteiger partial charge >= 0.3 is 0 Å². The summed E-state index contributed by atoms with van der Waals surface area (Å²) >= 11 is 0. The van der Waals surface area contributed by atoms with E-state index in [9.17, 15) is 0 Å². The van der Waals surface area contributed by atoms with Crippen LogP contribution in [0.2, 0.25) is 0 Å². The number of nitrogens with one attached hydrogen (secondary N) is 1. The quantitative estimate of drug-likeness (QED) is 0.708. The molecule has 0 bridgehead atoms. The highest BCUT2D eigenvalue weighted by Gasteiger charge is 2.21. The van der Waals surface area contributed by atoms with Crippen LogP contribution in [0.25, 0.3) is 0 Å². The SMILES string of the molecule is CC(C)CNCC1CCN(CCCOc2ccccc2)C1. The maximum atomic E-state index is 5.74. The van der Waals surface area contributed by atoms with Gasteiger partial charge in [0.05, 0.1) is 6.61 Å². The molecule has 118 valence electrons. The molecule has 2 rings (SSSR count). The van der Waals surface area contributed by atoms with E-state index in [2.05, 4.69) is 24.1 Å². The summed E-state index contributed by atoms with van der Waals surface area (Å²) in [5.41, 5.74) is 0. The first kappa shape index (κ1) is 16.3. The minimum absolute atomic E-state index is 0.748. The third kappa shape index (κ3) is 6.49. The van der Waals surface area contributed by atoms with Crippen LogP contribution in [0.4, 0.5) is 0 Å². The number of para-hydroxylation sites is 1. The lowest BCUT2D eigenvalue weighted by Gasteiger charge is -2.17. The molecule has 0 saturated carbocycles. The average Bonchev–Trinajstić information content (AvgIpc) is 2.92. The van der Waals surface area contributed by atoms with Crippen molar-refractivity contribution in [3.63, 3.8) is 0 Å². The molecule has 3 heteroatoms. The van der Waals surface area contributed by atoms with Gasteiger partial charge in [-0.2, -0.15) is 0 Å². The highest BCUT2D eigenvalue weighted by atomic mass is 16.5. The van der Waals surface area contributed by atoms with Gasteiger partial charge in [-0.25, -0.2) is 0 Å². The topological polar surface area (TPSA) is 24.5 Å². The van der Waals surface area contributed by atoms with Crippen LogP contribution in [0.5, 0.6) is 5.75 Å². The van der Waals surface area contributed by atoms with Crippen molar-refractivity contribution in [2.45, 2.75) is 26.7 Å². The second-order valence-electron chi connectivity index (χ2n) is 6.52. The molecule has 1 aliphatic heterocycles. The number of rotatable bonds is 9. The molecular weight excluding hydrogens is 260 g/mol. The molecule has 0 radical (unpaired) electrons. The summed E-state index contributed by atoms with van der Waals surface area (Å²) in [6.07, 6.45) is 2.45. The van der Waals surface area contributed by atoms with Crippen molar-refractivity contribution >= 4 is 0 Å². The van der Waals surface area contributed by atoms with Crippen molar-refractivity contribution in [1.82, 2.24) is 10.2 Å². The molecule has 0 aliphatic carbocycles. The van der Waals surface area contributed by atoms with Crippen LogP contribution >= 0.6 is 0 Å². The van der Waals surface area contributed by atoms with Gasteiger partial charge in [-0.05, 0) is 56.4 Å². The number of hydrogen-bond acceptors (Lipinski definition) is 3. The van der Waals surface area contributed by atoms with Crippen molar-refractivity contribution in [2.24, 2.45) is 11.8 Å². The van der Waals surface area contributed by atoms with Crippen LogP contribution < -0.4 is 10.1 Å². The first-order chi connectivity index (χ1) is 10.2. The molecule has 1 unspecified atom stereocenters. The molecule has 1 aromatic carbocycles. The van der Waals surface area contributed by atoms with Crippen molar-refractivity contribution < 1.29 is 4.74 Å². The van der Waals surface area contributed by atoms with Gasteiger partial charge in [0.25, 0.3) is 0 Å². The fourth-order valence-electron chi connectivity index (χ4n) is 2.85. The number of nitrogens with zero attached hydrogens (tertiary/aromatic N) is 1.